The third-order valence-corrected chi connectivity index (χ3v) is 6.39. The first-order chi connectivity index (χ1) is 18.1. The highest BCUT2D eigenvalue weighted by molar-refractivity contribution is 6.21. The lowest BCUT2D eigenvalue weighted by Gasteiger charge is -2.25. The summed E-state index contributed by atoms with van der Waals surface area (Å²) >= 11 is 0. The number of fused-ring (bicyclic) bond motifs is 1. The van der Waals surface area contributed by atoms with Gasteiger partial charge in [-0.2, -0.15) is 0 Å². The Morgan fingerprint density at radius 2 is 1.14 bits per heavy atom. The van der Waals surface area contributed by atoms with E-state index in [0.29, 0.717) is 16.8 Å². The highest BCUT2D eigenvalue weighted by atomic mass is 16.2. The SMILES string of the molecule is O=C(CCN1C(=O)c2ccccc2C1=O)Nc1ccc(N(Cc2ccccc2)Cc2ccccc2)cc1. The molecule has 4 aromatic rings. The van der Waals surface area contributed by atoms with Gasteiger partial charge in [-0.25, -0.2) is 0 Å². The number of hydrogen-bond acceptors (Lipinski definition) is 4. The molecule has 1 N–H and O–H groups in total. The Morgan fingerprint density at radius 3 is 1.65 bits per heavy atom. The summed E-state index contributed by atoms with van der Waals surface area (Å²) < 4.78 is 0. The molecule has 0 saturated heterocycles. The molecule has 0 aliphatic carbocycles. The third kappa shape index (κ3) is 5.59. The molecular weight excluding hydrogens is 462 g/mol. The molecule has 184 valence electrons. The lowest BCUT2D eigenvalue weighted by Crippen LogP contribution is -2.32. The van der Waals surface area contributed by atoms with Crippen molar-refractivity contribution in [3.05, 3.63) is 131 Å². The largest absolute Gasteiger partial charge is 0.363 e. The van der Waals surface area contributed by atoms with Crippen LogP contribution in [0.4, 0.5) is 11.4 Å². The van der Waals surface area contributed by atoms with E-state index < -0.39 is 0 Å². The zero-order valence-corrected chi connectivity index (χ0v) is 20.3. The number of imide groups is 1. The van der Waals surface area contributed by atoms with Gasteiger partial charge in [0.05, 0.1) is 11.1 Å². The maximum Gasteiger partial charge on any atom is 0.261 e. The predicted octanol–water partition coefficient (Wildman–Crippen LogP) is 5.52. The molecule has 6 heteroatoms. The predicted molar refractivity (Wildman–Crippen MR) is 144 cm³/mol. The summed E-state index contributed by atoms with van der Waals surface area (Å²) in [5.41, 5.74) is 4.90. The average Bonchev–Trinajstić information content (AvgIpc) is 3.18. The average molecular weight is 490 g/mol. The van der Waals surface area contributed by atoms with Gasteiger partial charge < -0.3 is 10.2 Å². The van der Waals surface area contributed by atoms with Crippen molar-refractivity contribution in [3.8, 4) is 0 Å². The molecule has 0 radical (unpaired) electrons. The Bertz CT molecular complexity index is 1330. The lowest BCUT2D eigenvalue weighted by atomic mass is 10.1. The van der Waals surface area contributed by atoms with E-state index in [1.165, 1.54) is 11.1 Å². The van der Waals surface area contributed by atoms with Crippen LogP contribution in [0.3, 0.4) is 0 Å². The van der Waals surface area contributed by atoms with Gasteiger partial charge in [0.1, 0.15) is 0 Å². The molecule has 3 amide bonds. The molecule has 1 heterocycles. The lowest BCUT2D eigenvalue weighted by molar-refractivity contribution is -0.116. The Hall–Kier alpha value is -4.71. The number of amides is 3. The van der Waals surface area contributed by atoms with E-state index in [1.54, 1.807) is 24.3 Å². The number of nitrogens with zero attached hydrogens (tertiary/aromatic N) is 2. The normalized spacial score (nSPS) is 12.4. The smallest absolute Gasteiger partial charge is 0.261 e. The molecule has 5 rings (SSSR count). The first kappa shape index (κ1) is 24.0. The van der Waals surface area contributed by atoms with Crippen LogP contribution in [0.1, 0.15) is 38.3 Å². The zero-order chi connectivity index (χ0) is 25.6. The van der Waals surface area contributed by atoms with Crippen molar-refractivity contribution in [1.29, 1.82) is 0 Å². The number of rotatable bonds is 9. The van der Waals surface area contributed by atoms with Crippen LogP contribution in [-0.4, -0.2) is 29.2 Å². The standard InChI is InChI=1S/C31H27N3O3/c35-29(19-20-34-30(36)27-13-7-8-14-28(27)31(34)37)32-25-15-17-26(18-16-25)33(21-23-9-3-1-4-10-23)22-24-11-5-2-6-12-24/h1-18H,19-22H2,(H,32,35). The van der Waals surface area contributed by atoms with Crippen molar-refractivity contribution < 1.29 is 14.4 Å². The van der Waals surface area contributed by atoms with Gasteiger partial charge in [0, 0.05) is 37.4 Å². The van der Waals surface area contributed by atoms with E-state index in [9.17, 15) is 14.4 Å². The molecule has 1 aliphatic heterocycles. The Kier molecular flexibility index (Phi) is 7.08. The maximum atomic E-state index is 12.6. The summed E-state index contributed by atoms with van der Waals surface area (Å²) in [5.74, 6) is -0.959. The van der Waals surface area contributed by atoms with Crippen LogP contribution in [0.15, 0.2) is 109 Å². The second-order valence-corrected chi connectivity index (χ2v) is 8.98. The molecule has 0 bridgehead atoms. The second-order valence-electron chi connectivity index (χ2n) is 8.98. The molecule has 1 aliphatic rings. The van der Waals surface area contributed by atoms with Gasteiger partial charge in [-0.05, 0) is 47.5 Å². The van der Waals surface area contributed by atoms with E-state index in [1.807, 2.05) is 60.7 Å². The fourth-order valence-corrected chi connectivity index (χ4v) is 4.48. The first-order valence-electron chi connectivity index (χ1n) is 12.3. The van der Waals surface area contributed by atoms with Gasteiger partial charge in [-0.15, -0.1) is 0 Å². The number of hydrogen-bond donors (Lipinski definition) is 1. The highest BCUT2D eigenvalue weighted by Crippen LogP contribution is 2.24. The van der Waals surface area contributed by atoms with E-state index >= 15 is 0 Å². The van der Waals surface area contributed by atoms with Gasteiger partial charge in [0.2, 0.25) is 5.91 Å². The minimum atomic E-state index is -0.352. The van der Waals surface area contributed by atoms with Crippen molar-refractivity contribution in [2.75, 3.05) is 16.8 Å². The Morgan fingerprint density at radius 1 is 0.649 bits per heavy atom. The van der Waals surface area contributed by atoms with Crippen molar-refractivity contribution in [3.63, 3.8) is 0 Å². The van der Waals surface area contributed by atoms with Crippen LogP contribution in [0.5, 0.6) is 0 Å². The van der Waals surface area contributed by atoms with Crippen LogP contribution < -0.4 is 10.2 Å². The van der Waals surface area contributed by atoms with Crippen LogP contribution in [0.2, 0.25) is 0 Å². The minimum absolute atomic E-state index is 0.0291. The molecule has 0 atom stereocenters. The Balaban J connectivity index is 1.22. The molecule has 37 heavy (non-hydrogen) atoms. The summed E-state index contributed by atoms with van der Waals surface area (Å²) in [4.78, 5) is 41.0. The van der Waals surface area contributed by atoms with Gasteiger partial charge in [0.25, 0.3) is 11.8 Å². The third-order valence-electron chi connectivity index (χ3n) is 6.39. The van der Waals surface area contributed by atoms with E-state index in [-0.39, 0.29) is 30.7 Å². The summed E-state index contributed by atoms with van der Waals surface area (Å²) in [5, 5.41) is 2.88. The summed E-state index contributed by atoms with van der Waals surface area (Å²) in [6, 6.07) is 35.1. The molecule has 0 unspecified atom stereocenters. The van der Waals surface area contributed by atoms with Crippen molar-refractivity contribution >= 4 is 29.1 Å². The topological polar surface area (TPSA) is 69.7 Å². The van der Waals surface area contributed by atoms with E-state index in [2.05, 4.69) is 34.5 Å². The summed E-state index contributed by atoms with van der Waals surface area (Å²) in [6.45, 7) is 1.54. The van der Waals surface area contributed by atoms with Gasteiger partial charge in [0.15, 0.2) is 0 Å². The molecule has 4 aromatic carbocycles. The van der Waals surface area contributed by atoms with E-state index in [4.69, 9.17) is 0 Å². The van der Waals surface area contributed by atoms with Gasteiger partial charge >= 0.3 is 0 Å². The summed E-state index contributed by atoms with van der Waals surface area (Å²) in [7, 11) is 0. The fourth-order valence-electron chi connectivity index (χ4n) is 4.48. The molecule has 0 saturated carbocycles. The monoisotopic (exact) mass is 489 g/mol. The number of anilines is 2. The highest BCUT2D eigenvalue weighted by Gasteiger charge is 2.34. The van der Waals surface area contributed by atoms with Crippen LogP contribution in [0.25, 0.3) is 0 Å². The number of nitrogens with one attached hydrogen (secondary N) is 1. The number of carbonyl (C=O) groups is 3. The quantitative estimate of drug-likeness (QED) is 0.315. The molecule has 0 aromatic heterocycles. The zero-order valence-electron chi connectivity index (χ0n) is 20.3. The van der Waals surface area contributed by atoms with Crippen molar-refractivity contribution in [2.45, 2.75) is 19.5 Å². The molecule has 0 fully saturated rings. The first-order valence-corrected chi connectivity index (χ1v) is 12.3. The van der Waals surface area contributed by atoms with Gasteiger partial charge in [-0.3, -0.25) is 19.3 Å². The van der Waals surface area contributed by atoms with Crippen molar-refractivity contribution in [1.82, 2.24) is 4.90 Å². The van der Waals surface area contributed by atoms with Crippen LogP contribution in [-0.2, 0) is 17.9 Å². The van der Waals surface area contributed by atoms with Gasteiger partial charge in [-0.1, -0.05) is 72.8 Å². The fraction of sp³-hybridized carbons (Fsp3) is 0.129. The van der Waals surface area contributed by atoms with E-state index in [0.717, 1.165) is 23.7 Å². The molecular formula is C31H27N3O3. The molecule has 6 nitrogen and oxygen atoms in total. The second kappa shape index (κ2) is 10.9. The van der Waals surface area contributed by atoms with Crippen LogP contribution in [0, 0.1) is 0 Å². The number of carbonyl (C=O) groups excluding carboxylic acids is 3. The Labute approximate surface area is 216 Å². The summed E-state index contributed by atoms with van der Waals surface area (Å²) in [6.07, 6.45) is 0.0291. The molecule has 0 spiro atoms. The maximum absolute atomic E-state index is 12.6. The minimum Gasteiger partial charge on any atom is -0.363 e. The van der Waals surface area contributed by atoms with Crippen molar-refractivity contribution in [2.24, 2.45) is 0 Å². The van der Waals surface area contributed by atoms with Crippen LogP contribution >= 0.6 is 0 Å². The number of benzene rings is 4.